The van der Waals surface area contributed by atoms with Crippen molar-refractivity contribution in [3.63, 3.8) is 0 Å². The van der Waals surface area contributed by atoms with E-state index in [4.69, 9.17) is 16.3 Å². The molecule has 3 aliphatic rings. The lowest BCUT2D eigenvalue weighted by molar-refractivity contribution is -0.880. The van der Waals surface area contributed by atoms with Crippen molar-refractivity contribution in [2.24, 2.45) is 5.92 Å². The molecule has 1 atom stereocenters. The molecule has 3 nitrogen and oxygen atoms in total. The first-order chi connectivity index (χ1) is 9.60. The Morgan fingerprint density at radius 3 is 2.70 bits per heavy atom. The lowest BCUT2D eigenvalue weighted by Crippen LogP contribution is -3.14. The van der Waals surface area contributed by atoms with Crippen molar-refractivity contribution < 1.29 is 14.7 Å². The minimum Gasteiger partial charge on any atom is -0.495 e. The number of nitrogens with one attached hydrogen (secondary N) is 1. The number of ether oxygens (including phenoxy) is 1. The fraction of sp³-hybridized carbons (Fsp3) is 0.467. The van der Waals surface area contributed by atoms with Crippen LogP contribution in [0, 0.1) is 5.92 Å². The minimum absolute atomic E-state index is 0.338. The summed E-state index contributed by atoms with van der Waals surface area (Å²) in [6.07, 6.45) is 3.94. The lowest BCUT2D eigenvalue weighted by atomic mass is 9.83. The summed E-state index contributed by atoms with van der Waals surface area (Å²) >= 11 is 9.60. The second-order valence-corrected chi connectivity index (χ2v) is 6.79. The van der Waals surface area contributed by atoms with Crippen LogP contribution in [0.2, 0.25) is 5.02 Å². The lowest BCUT2D eigenvalue weighted by Gasteiger charge is -2.41. The van der Waals surface area contributed by atoms with Gasteiger partial charge < -0.3 is 14.7 Å². The molecule has 0 saturated carbocycles. The van der Waals surface area contributed by atoms with Crippen LogP contribution in [0.4, 0.5) is 0 Å². The van der Waals surface area contributed by atoms with E-state index in [2.05, 4.69) is 15.9 Å². The van der Waals surface area contributed by atoms with E-state index in [1.807, 2.05) is 18.2 Å². The molecule has 20 heavy (non-hydrogen) atoms. The molecule has 4 rings (SSSR count). The standard InChI is InChI=1S/C15H17BrClNO2/c1-20-15-10(6-11(17)8-12(15)16)7-13-14(19)9-2-4-18(13)5-3-9/h6-9,14,19H,2-5H2,1H3/p+1/b13-7-/t14-/m0/s1. The van der Waals surface area contributed by atoms with Crippen molar-refractivity contribution in [2.75, 3.05) is 20.2 Å². The first-order valence-corrected chi connectivity index (χ1v) is 8.05. The Morgan fingerprint density at radius 2 is 2.10 bits per heavy atom. The SMILES string of the molecule is COc1c(Br)cc(Cl)cc1/C=C1/[C@@H](O)C2CC[NH+]1CC2. The Bertz CT molecular complexity index is 549. The fourth-order valence-electron chi connectivity index (χ4n) is 3.31. The van der Waals surface area contributed by atoms with Gasteiger partial charge in [0.2, 0.25) is 0 Å². The largest absolute Gasteiger partial charge is 0.495 e. The minimum atomic E-state index is -0.338. The average Bonchev–Trinajstić information content (AvgIpc) is 2.43. The van der Waals surface area contributed by atoms with Crippen LogP contribution in [0.3, 0.4) is 0 Å². The van der Waals surface area contributed by atoms with Crippen molar-refractivity contribution in [2.45, 2.75) is 18.9 Å². The first kappa shape index (κ1) is 14.4. The number of aliphatic hydroxyl groups is 1. The molecule has 2 N–H and O–H groups in total. The predicted molar refractivity (Wildman–Crippen MR) is 83.1 cm³/mol. The Labute approximate surface area is 132 Å². The number of rotatable bonds is 2. The summed E-state index contributed by atoms with van der Waals surface area (Å²) in [5.74, 6) is 1.17. The topological polar surface area (TPSA) is 33.9 Å². The van der Waals surface area contributed by atoms with Crippen LogP contribution >= 0.6 is 27.5 Å². The number of halogens is 2. The number of quaternary nitrogens is 1. The zero-order chi connectivity index (χ0) is 14.3. The van der Waals surface area contributed by atoms with E-state index < -0.39 is 0 Å². The summed E-state index contributed by atoms with van der Waals surface area (Å²) in [5, 5.41) is 11.1. The molecule has 0 amide bonds. The summed E-state index contributed by atoms with van der Waals surface area (Å²) in [4.78, 5) is 1.39. The summed E-state index contributed by atoms with van der Waals surface area (Å²) in [5.41, 5.74) is 1.99. The Balaban J connectivity index is 2.03. The molecule has 3 fully saturated rings. The molecule has 2 bridgehead atoms. The van der Waals surface area contributed by atoms with Crippen molar-refractivity contribution in [1.29, 1.82) is 0 Å². The molecule has 0 aliphatic carbocycles. The van der Waals surface area contributed by atoms with Gasteiger partial charge in [0.1, 0.15) is 17.6 Å². The molecule has 3 saturated heterocycles. The second-order valence-electron chi connectivity index (χ2n) is 5.50. The number of hydrogen-bond acceptors (Lipinski definition) is 2. The number of aliphatic hydroxyl groups excluding tert-OH is 1. The number of fused-ring (bicyclic) bond motifs is 3. The van der Waals surface area contributed by atoms with Gasteiger partial charge >= 0.3 is 0 Å². The monoisotopic (exact) mass is 358 g/mol. The van der Waals surface area contributed by atoms with Gasteiger partial charge in [-0.15, -0.1) is 0 Å². The van der Waals surface area contributed by atoms with Crippen LogP contribution in [0.25, 0.3) is 6.08 Å². The van der Waals surface area contributed by atoms with Crippen molar-refractivity contribution >= 4 is 33.6 Å². The molecule has 108 valence electrons. The van der Waals surface area contributed by atoms with Gasteiger partial charge in [-0.2, -0.15) is 0 Å². The highest BCUT2D eigenvalue weighted by molar-refractivity contribution is 9.10. The second kappa shape index (κ2) is 5.68. The smallest absolute Gasteiger partial charge is 0.140 e. The van der Waals surface area contributed by atoms with Crippen molar-refractivity contribution in [3.8, 4) is 5.75 Å². The summed E-state index contributed by atoms with van der Waals surface area (Å²) < 4.78 is 6.28. The summed E-state index contributed by atoms with van der Waals surface area (Å²) in [7, 11) is 1.65. The predicted octanol–water partition coefficient (Wildman–Crippen LogP) is 2.12. The molecule has 0 radical (unpaired) electrons. The highest BCUT2D eigenvalue weighted by Gasteiger charge is 2.41. The maximum Gasteiger partial charge on any atom is 0.140 e. The molecule has 3 heterocycles. The summed E-state index contributed by atoms with van der Waals surface area (Å²) in [6.45, 7) is 2.22. The quantitative estimate of drug-likeness (QED) is 0.848. The zero-order valence-corrected chi connectivity index (χ0v) is 13.7. The average molecular weight is 360 g/mol. The molecule has 0 unspecified atom stereocenters. The third-order valence-corrected chi connectivity index (χ3v) is 5.17. The molecule has 0 aromatic heterocycles. The van der Waals surface area contributed by atoms with Gasteiger partial charge in [0.05, 0.1) is 24.7 Å². The maximum atomic E-state index is 10.4. The van der Waals surface area contributed by atoms with Gasteiger partial charge in [-0.05, 0) is 28.1 Å². The van der Waals surface area contributed by atoms with Crippen LogP contribution < -0.4 is 9.64 Å². The highest BCUT2D eigenvalue weighted by Crippen LogP contribution is 2.35. The molecule has 5 heteroatoms. The van der Waals surface area contributed by atoms with E-state index in [-0.39, 0.29) is 6.10 Å². The van der Waals surface area contributed by atoms with E-state index in [1.165, 1.54) is 4.90 Å². The van der Waals surface area contributed by atoms with Crippen LogP contribution in [-0.4, -0.2) is 31.4 Å². The molecule has 1 aromatic carbocycles. The first-order valence-electron chi connectivity index (χ1n) is 6.88. The number of piperidine rings is 3. The van der Waals surface area contributed by atoms with Gasteiger partial charge in [0.15, 0.2) is 0 Å². The van der Waals surface area contributed by atoms with Gasteiger partial charge in [0, 0.05) is 35.4 Å². The van der Waals surface area contributed by atoms with Crippen molar-refractivity contribution in [1.82, 2.24) is 0 Å². The zero-order valence-electron chi connectivity index (χ0n) is 11.3. The van der Waals surface area contributed by atoms with Gasteiger partial charge in [-0.3, -0.25) is 0 Å². The van der Waals surface area contributed by atoms with Gasteiger partial charge in [-0.1, -0.05) is 11.6 Å². The Hall–Kier alpha value is -0.550. The summed E-state index contributed by atoms with van der Waals surface area (Å²) in [6, 6.07) is 3.70. The number of benzene rings is 1. The normalized spacial score (nSPS) is 30.8. The van der Waals surface area contributed by atoms with E-state index in [9.17, 15) is 5.11 Å². The maximum absolute atomic E-state index is 10.4. The van der Waals surface area contributed by atoms with E-state index in [0.29, 0.717) is 10.9 Å². The third kappa shape index (κ3) is 2.50. The molecule has 0 spiro atoms. The van der Waals surface area contributed by atoms with Crippen LogP contribution in [0.15, 0.2) is 22.3 Å². The van der Waals surface area contributed by atoms with Crippen LogP contribution in [-0.2, 0) is 0 Å². The fourth-order valence-corrected chi connectivity index (χ4v) is 4.31. The Morgan fingerprint density at radius 1 is 1.40 bits per heavy atom. The Kier molecular flexibility index (Phi) is 4.09. The number of hydrogen-bond donors (Lipinski definition) is 2. The van der Waals surface area contributed by atoms with Crippen LogP contribution in [0.5, 0.6) is 5.75 Å². The molecular weight excluding hydrogens is 342 g/mol. The van der Waals surface area contributed by atoms with E-state index in [1.54, 1.807) is 7.11 Å². The highest BCUT2D eigenvalue weighted by atomic mass is 79.9. The van der Waals surface area contributed by atoms with Crippen LogP contribution in [0.1, 0.15) is 18.4 Å². The van der Waals surface area contributed by atoms with E-state index >= 15 is 0 Å². The molecular formula is C15H18BrClNO2+. The van der Waals surface area contributed by atoms with Gasteiger partial charge in [0.25, 0.3) is 0 Å². The molecule has 3 aliphatic heterocycles. The van der Waals surface area contributed by atoms with Crippen molar-refractivity contribution in [3.05, 3.63) is 32.9 Å². The number of methoxy groups -OCH3 is 1. The van der Waals surface area contributed by atoms with Gasteiger partial charge in [-0.25, -0.2) is 0 Å². The third-order valence-electron chi connectivity index (χ3n) is 4.36. The molecule has 1 aromatic rings. The van der Waals surface area contributed by atoms with E-state index in [0.717, 1.165) is 47.4 Å².